The summed E-state index contributed by atoms with van der Waals surface area (Å²) in [4.78, 5) is 0. The maximum atomic E-state index is 2.47. The van der Waals surface area contributed by atoms with Gasteiger partial charge in [-0.2, -0.15) is 0 Å². The van der Waals surface area contributed by atoms with Gasteiger partial charge < -0.3 is 9.13 Å². The summed E-state index contributed by atoms with van der Waals surface area (Å²) in [5.41, 5.74) is 20.1. The standard InChI is InChI=1S/C55H36N2/c1-3-13-36(14-4-1)37-23-27-42(28-24-37)56-52-21-11-9-19-45(52)47-29-25-40(33-55(47)56)39-26-30-54-51(31-39)46-20-10-12-22-53(46)57(54)43-34-48(38-15-5-2-6-16-38)49-32-41-17-7-8-18-44(41)50(49)35-43/h1-31,33-35H,32H2. The maximum absolute atomic E-state index is 2.47. The van der Waals surface area contributed by atoms with Gasteiger partial charge in [0.2, 0.25) is 0 Å². The van der Waals surface area contributed by atoms with Gasteiger partial charge in [0.05, 0.1) is 22.1 Å². The van der Waals surface area contributed by atoms with E-state index < -0.39 is 0 Å². The lowest BCUT2D eigenvalue weighted by molar-refractivity contribution is 1.17. The number of fused-ring (bicyclic) bond motifs is 9. The largest absolute Gasteiger partial charge is 0.309 e. The second-order valence-corrected chi connectivity index (χ2v) is 15.3. The number of nitrogens with zero attached hydrogens (tertiary/aromatic N) is 2. The third-order valence-electron chi connectivity index (χ3n) is 12.2. The van der Waals surface area contributed by atoms with Gasteiger partial charge in [-0.15, -0.1) is 0 Å². The first kappa shape index (κ1) is 31.9. The zero-order valence-electron chi connectivity index (χ0n) is 31.2. The molecule has 0 N–H and O–H groups in total. The van der Waals surface area contributed by atoms with Crippen LogP contribution in [0.1, 0.15) is 11.1 Å². The fraction of sp³-hybridized carbons (Fsp3) is 0.0182. The summed E-state index contributed by atoms with van der Waals surface area (Å²) < 4.78 is 4.89. The Bertz CT molecular complexity index is 3350. The first-order chi connectivity index (χ1) is 28.3. The molecule has 0 atom stereocenters. The molecule has 2 nitrogen and oxygen atoms in total. The van der Waals surface area contributed by atoms with E-state index in [1.54, 1.807) is 0 Å². The Morgan fingerprint density at radius 2 is 0.807 bits per heavy atom. The molecule has 0 unspecified atom stereocenters. The Morgan fingerprint density at radius 3 is 1.58 bits per heavy atom. The molecule has 266 valence electrons. The van der Waals surface area contributed by atoms with Crippen molar-refractivity contribution in [2.45, 2.75) is 6.42 Å². The fourth-order valence-electron chi connectivity index (χ4n) is 9.51. The first-order valence-corrected chi connectivity index (χ1v) is 19.8. The zero-order valence-corrected chi connectivity index (χ0v) is 31.2. The van der Waals surface area contributed by atoms with Gasteiger partial charge in [-0.25, -0.2) is 0 Å². The van der Waals surface area contributed by atoms with Crippen molar-refractivity contribution in [3.05, 3.63) is 217 Å². The molecule has 0 amide bonds. The fourth-order valence-corrected chi connectivity index (χ4v) is 9.51. The molecular weight excluding hydrogens is 689 g/mol. The predicted octanol–water partition coefficient (Wildman–Crippen LogP) is 14.5. The van der Waals surface area contributed by atoms with Gasteiger partial charge in [-0.1, -0.05) is 152 Å². The second-order valence-electron chi connectivity index (χ2n) is 15.3. The molecule has 12 rings (SSSR count). The van der Waals surface area contributed by atoms with Crippen molar-refractivity contribution < 1.29 is 0 Å². The van der Waals surface area contributed by atoms with Crippen LogP contribution in [0.4, 0.5) is 0 Å². The van der Waals surface area contributed by atoms with Gasteiger partial charge in [0.25, 0.3) is 0 Å². The SMILES string of the molecule is c1ccc(-c2ccc(-n3c4ccccc4c4ccc(-c5ccc6c(c5)c5ccccc5n6-c5cc(-c6ccccc6)c6c(c5)-c5ccccc5C6)cc43)cc2)cc1. The second kappa shape index (κ2) is 12.6. The van der Waals surface area contributed by atoms with E-state index in [-0.39, 0.29) is 0 Å². The van der Waals surface area contributed by atoms with Gasteiger partial charge in [0.15, 0.2) is 0 Å². The summed E-state index contributed by atoms with van der Waals surface area (Å²) >= 11 is 0. The van der Waals surface area contributed by atoms with Crippen LogP contribution in [0.3, 0.4) is 0 Å². The van der Waals surface area contributed by atoms with Crippen LogP contribution < -0.4 is 0 Å². The van der Waals surface area contributed by atoms with E-state index in [4.69, 9.17) is 0 Å². The molecule has 0 radical (unpaired) electrons. The van der Waals surface area contributed by atoms with Gasteiger partial charge in [0, 0.05) is 32.9 Å². The van der Waals surface area contributed by atoms with Crippen molar-refractivity contribution in [2.24, 2.45) is 0 Å². The summed E-state index contributed by atoms with van der Waals surface area (Å²) in [7, 11) is 0. The average molecular weight is 725 g/mol. The van der Waals surface area contributed by atoms with E-state index >= 15 is 0 Å². The molecule has 2 aromatic heterocycles. The van der Waals surface area contributed by atoms with Crippen molar-refractivity contribution in [1.29, 1.82) is 0 Å². The van der Waals surface area contributed by atoms with E-state index in [1.165, 1.54) is 105 Å². The number of para-hydroxylation sites is 2. The Morgan fingerprint density at radius 1 is 0.281 bits per heavy atom. The van der Waals surface area contributed by atoms with E-state index in [0.717, 1.165) is 12.1 Å². The van der Waals surface area contributed by atoms with E-state index in [2.05, 4.69) is 215 Å². The highest BCUT2D eigenvalue weighted by molar-refractivity contribution is 6.12. The molecule has 0 aliphatic heterocycles. The predicted molar refractivity (Wildman–Crippen MR) is 240 cm³/mol. The molecule has 1 aliphatic carbocycles. The number of hydrogen-bond donors (Lipinski definition) is 0. The summed E-state index contributed by atoms with van der Waals surface area (Å²) in [6.07, 6.45) is 0.953. The molecule has 1 aliphatic rings. The Kier molecular flexibility index (Phi) is 7.02. The summed E-state index contributed by atoms with van der Waals surface area (Å²) in [6.45, 7) is 0. The third kappa shape index (κ3) is 4.97. The molecule has 57 heavy (non-hydrogen) atoms. The lowest BCUT2D eigenvalue weighted by Gasteiger charge is -2.16. The summed E-state index contributed by atoms with van der Waals surface area (Å²) in [6, 6.07) is 75.9. The van der Waals surface area contributed by atoms with E-state index in [1.807, 2.05) is 0 Å². The zero-order chi connectivity index (χ0) is 37.5. The minimum atomic E-state index is 0.953. The molecule has 0 spiro atoms. The molecule has 11 aromatic rings. The van der Waals surface area contributed by atoms with E-state index in [9.17, 15) is 0 Å². The first-order valence-electron chi connectivity index (χ1n) is 19.8. The Balaban J connectivity index is 1.03. The van der Waals surface area contributed by atoms with Crippen molar-refractivity contribution in [1.82, 2.24) is 9.13 Å². The van der Waals surface area contributed by atoms with Crippen molar-refractivity contribution in [3.8, 4) is 55.9 Å². The summed E-state index contributed by atoms with van der Waals surface area (Å²) in [5, 5.41) is 5.02. The minimum absolute atomic E-state index is 0.953. The molecule has 0 saturated carbocycles. The molecular formula is C55H36N2. The quantitative estimate of drug-likeness (QED) is 0.167. The van der Waals surface area contributed by atoms with Crippen LogP contribution >= 0.6 is 0 Å². The van der Waals surface area contributed by atoms with Gasteiger partial charge >= 0.3 is 0 Å². The smallest absolute Gasteiger partial charge is 0.0547 e. The number of hydrogen-bond acceptors (Lipinski definition) is 0. The number of rotatable bonds is 5. The van der Waals surface area contributed by atoms with Crippen LogP contribution in [0.25, 0.3) is 99.5 Å². The molecule has 9 aromatic carbocycles. The highest BCUT2D eigenvalue weighted by Crippen LogP contribution is 2.45. The van der Waals surface area contributed by atoms with Gasteiger partial charge in [-0.05, 0) is 117 Å². The average Bonchev–Trinajstić information content (AvgIpc) is 3.94. The molecule has 0 fully saturated rings. The normalized spacial score (nSPS) is 12.1. The molecule has 2 heteroatoms. The monoisotopic (exact) mass is 724 g/mol. The Labute approximate surface area is 331 Å². The van der Waals surface area contributed by atoms with Crippen LogP contribution in [-0.4, -0.2) is 9.13 Å². The van der Waals surface area contributed by atoms with E-state index in [0.29, 0.717) is 0 Å². The number of benzene rings is 9. The van der Waals surface area contributed by atoms with Gasteiger partial charge in [-0.3, -0.25) is 0 Å². The highest BCUT2D eigenvalue weighted by atomic mass is 15.0. The van der Waals surface area contributed by atoms with Crippen LogP contribution in [-0.2, 0) is 6.42 Å². The summed E-state index contributed by atoms with van der Waals surface area (Å²) in [5.74, 6) is 0. The topological polar surface area (TPSA) is 9.86 Å². The molecule has 2 heterocycles. The third-order valence-corrected chi connectivity index (χ3v) is 12.2. The lowest BCUT2D eigenvalue weighted by atomic mass is 9.94. The van der Waals surface area contributed by atoms with Gasteiger partial charge in [0.1, 0.15) is 0 Å². The van der Waals surface area contributed by atoms with Crippen molar-refractivity contribution in [2.75, 3.05) is 0 Å². The van der Waals surface area contributed by atoms with Crippen LogP contribution in [0.5, 0.6) is 0 Å². The number of aromatic nitrogens is 2. The van der Waals surface area contributed by atoms with Crippen LogP contribution in [0, 0.1) is 0 Å². The Hall–Kier alpha value is -7.42. The molecule has 0 bridgehead atoms. The van der Waals surface area contributed by atoms with Crippen LogP contribution in [0.15, 0.2) is 206 Å². The van der Waals surface area contributed by atoms with Crippen molar-refractivity contribution >= 4 is 43.6 Å². The molecule has 0 saturated heterocycles. The highest BCUT2D eigenvalue weighted by Gasteiger charge is 2.24. The maximum Gasteiger partial charge on any atom is 0.0547 e. The lowest BCUT2D eigenvalue weighted by Crippen LogP contribution is -1.98. The van der Waals surface area contributed by atoms with Crippen molar-refractivity contribution in [3.63, 3.8) is 0 Å². The van der Waals surface area contributed by atoms with Crippen LogP contribution in [0.2, 0.25) is 0 Å². The minimum Gasteiger partial charge on any atom is -0.309 e.